The number of benzene rings is 1. The molecule has 2 N–H and O–H groups in total. The van der Waals surface area contributed by atoms with Gasteiger partial charge in [-0.1, -0.05) is 18.2 Å². The summed E-state index contributed by atoms with van der Waals surface area (Å²) in [6.07, 6.45) is 0. The highest BCUT2D eigenvalue weighted by Gasteiger charge is 2.07. The smallest absolute Gasteiger partial charge is 0.360 e. The minimum atomic E-state index is -0.509. The lowest BCUT2D eigenvalue weighted by atomic mass is 10.2. The van der Waals surface area contributed by atoms with Crippen molar-refractivity contribution in [3.05, 3.63) is 39.2 Å². The molecule has 1 aromatic carbocycles. The Morgan fingerprint density at radius 1 is 1.31 bits per heavy atom. The van der Waals surface area contributed by atoms with Crippen molar-refractivity contribution in [1.29, 1.82) is 0 Å². The molecule has 0 saturated carbocycles. The molecule has 1 aromatic heterocycles. The lowest BCUT2D eigenvalue weighted by molar-refractivity contribution is 0.563. The van der Waals surface area contributed by atoms with Crippen molar-refractivity contribution >= 4 is 32.6 Å². The molecule has 0 amide bonds. The molecule has 13 heavy (non-hydrogen) atoms. The van der Waals surface area contributed by atoms with Gasteiger partial charge in [0.25, 0.3) is 0 Å². The Morgan fingerprint density at radius 3 is 2.77 bits per heavy atom. The summed E-state index contributed by atoms with van der Waals surface area (Å²) < 4.78 is 5.56. The molecular formula is C9H6BrNO2. The fourth-order valence-corrected chi connectivity index (χ4v) is 1.62. The Kier molecular flexibility index (Phi) is 1.84. The van der Waals surface area contributed by atoms with Crippen LogP contribution in [-0.4, -0.2) is 0 Å². The van der Waals surface area contributed by atoms with Crippen LogP contribution in [0, 0.1) is 0 Å². The van der Waals surface area contributed by atoms with Crippen LogP contribution in [0.1, 0.15) is 0 Å². The molecule has 3 nitrogen and oxygen atoms in total. The summed E-state index contributed by atoms with van der Waals surface area (Å²) in [6.45, 7) is 0. The number of hydrogen-bond acceptors (Lipinski definition) is 3. The van der Waals surface area contributed by atoms with E-state index in [1.165, 1.54) is 0 Å². The molecule has 2 aromatic rings. The van der Waals surface area contributed by atoms with Crippen molar-refractivity contribution in [2.45, 2.75) is 0 Å². The van der Waals surface area contributed by atoms with Gasteiger partial charge < -0.3 is 10.2 Å². The number of nitrogens with two attached hydrogens (primary N) is 1. The van der Waals surface area contributed by atoms with Crippen molar-refractivity contribution in [2.24, 2.45) is 0 Å². The highest BCUT2D eigenvalue weighted by Crippen LogP contribution is 2.26. The third kappa shape index (κ3) is 1.23. The Balaban J connectivity index is 3.02. The van der Waals surface area contributed by atoms with Crippen LogP contribution in [0.5, 0.6) is 0 Å². The highest BCUT2D eigenvalue weighted by atomic mass is 79.9. The molecule has 0 aliphatic carbocycles. The Labute approximate surface area is 82.3 Å². The maximum Gasteiger partial charge on any atom is 0.360 e. The summed E-state index contributed by atoms with van der Waals surface area (Å²) in [5.41, 5.74) is 5.63. The van der Waals surface area contributed by atoms with Gasteiger partial charge in [-0.15, -0.1) is 0 Å². The van der Waals surface area contributed by atoms with Crippen molar-refractivity contribution < 1.29 is 4.42 Å². The lowest BCUT2D eigenvalue weighted by Gasteiger charge is -2.00. The minimum absolute atomic E-state index is 0.110. The molecular weight excluding hydrogens is 234 g/mol. The van der Waals surface area contributed by atoms with Crippen LogP contribution in [-0.2, 0) is 0 Å². The Bertz CT molecular complexity index is 518. The number of hydrogen-bond donors (Lipinski definition) is 1. The first-order chi connectivity index (χ1) is 6.20. The number of para-hydroxylation sites is 1. The molecule has 2 rings (SSSR count). The quantitative estimate of drug-likeness (QED) is 0.717. The van der Waals surface area contributed by atoms with Gasteiger partial charge in [-0.05, 0) is 22.0 Å². The molecule has 0 aliphatic heterocycles. The van der Waals surface area contributed by atoms with E-state index in [-0.39, 0.29) is 5.69 Å². The van der Waals surface area contributed by atoms with Crippen molar-refractivity contribution in [3.63, 3.8) is 0 Å². The highest BCUT2D eigenvalue weighted by molar-refractivity contribution is 9.10. The van der Waals surface area contributed by atoms with Crippen LogP contribution in [0.4, 0.5) is 5.69 Å². The van der Waals surface area contributed by atoms with Gasteiger partial charge in [-0.2, -0.15) is 0 Å². The molecule has 0 radical (unpaired) electrons. The third-order valence-corrected chi connectivity index (χ3v) is 2.64. The number of fused-ring (bicyclic) bond motifs is 1. The second-order valence-corrected chi connectivity index (χ2v) is 3.41. The molecule has 0 fully saturated rings. The summed E-state index contributed by atoms with van der Waals surface area (Å²) >= 11 is 3.25. The predicted molar refractivity (Wildman–Crippen MR) is 54.6 cm³/mol. The van der Waals surface area contributed by atoms with E-state index < -0.39 is 5.63 Å². The number of rotatable bonds is 0. The molecule has 0 spiro atoms. The van der Waals surface area contributed by atoms with Gasteiger partial charge in [0.2, 0.25) is 0 Å². The van der Waals surface area contributed by atoms with E-state index in [0.29, 0.717) is 10.1 Å². The second-order valence-electron chi connectivity index (χ2n) is 2.61. The first-order valence-corrected chi connectivity index (χ1v) is 4.46. The van der Waals surface area contributed by atoms with Crippen LogP contribution < -0.4 is 11.4 Å². The van der Waals surface area contributed by atoms with Crippen LogP contribution in [0.15, 0.2) is 37.9 Å². The van der Waals surface area contributed by atoms with Crippen LogP contribution in [0.2, 0.25) is 0 Å². The first-order valence-electron chi connectivity index (χ1n) is 3.67. The maximum absolute atomic E-state index is 11.1. The fraction of sp³-hybridized carbons (Fsp3) is 0. The van der Waals surface area contributed by atoms with E-state index in [1.54, 1.807) is 12.1 Å². The summed E-state index contributed by atoms with van der Waals surface area (Å²) in [7, 11) is 0. The van der Waals surface area contributed by atoms with Crippen LogP contribution in [0.3, 0.4) is 0 Å². The van der Waals surface area contributed by atoms with Crippen molar-refractivity contribution in [3.8, 4) is 0 Å². The average Bonchev–Trinajstić information content (AvgIpc) is 2.15. The Hall–Kier alpha value is -1.29. The zero-order chi connectivity index (χ0) is 9.42. The van der Waals surface area contributed by atoms with Gasteiger partial charge in [0.1, 0.15) is 11.3 Å². The third-order valence-electron chi connectivity index (χ3n) is 1.78. The SMILES string of the molecule is Nc1c(Br)c2ccccc2oc1=O. The van der Waals surface area contributed by atoms with E-state index in [2.05, 4.69) is 15.9 Å². The monoisotopic (exact) mass is 239 g/mol. The number of nitrogen functional groups attached to an aromatic ring is 1. The molecule has 0 aliphatic rings. The van der Waals surface area contributed by atoms with E-state index in [0.717, 1.165) is 5.39 Å². The van der Waals surface area contributed by atoms with Crippen LogP contribution >= 0.6 is 15.9 Å². The van der Waals surface area contributed by atoms with Gasteiger partial charge in [0.05, 0.1) is 4.47 Å². The average molecular weight is 240 g/mol. The van der Waals surface area contributed by atoms with Gasteiger partial charge in [0, 0.05) is 5.39 Å². The number of anilines is 1. The van der Waals surface area contributed by atoms with Crippen LogP contribution in [0.25, 0.3) is 11.0 Å². The molecule has 66 valence electrons. The standard InChI is InChI=1S/C9H6BrNO2/c10-7-5-3-1-2-4-6(5)13-9(12)8(7)11/h1-4H,11H2. The van der Waals surface area contributed by atoms with Crippen molar-refractivity contribution in [1.82, 2.24) is 0 Å². The van der Waals surface area contributed by atoms with Crippen molar-refractivity contribution in [2.75, 3.05) is 5.73 Å². The van der Waals surface area contributed by atoms with E-state index >= 15 is 0 Å². The summed E-state index contributed by atoms with van der Waals surface area (Å²) in [5.74, 6) is 0. The summed E-state index contributed by atoms with van der Waals surface area (Å²) in [4.78, 5) is 11.1. The first kappa shape index (κ1) is 8.31. The second kappa shape index (κ2) is 2.88. The van der Waals surface area contributed by atoms with E-state index in [9.17, 15) is 4.79 Å². The Morgan fingerprint density at radius 2 is 2.00 bits per heavy atom. The molecule has 0 saturated heterocycles. The van der Waals surface area contributed by atoms with Gasteiger partial charge >= 0.3 is 5.63 Å². The summed E-state index contributed by atoms with van der Waals surface area (Å²) in [5, 5.41) is 0.805. The molecule has 0 bridgehead atoms. The maximum atomic E-state index is 11.1. The largest absolute Gasteiger partial charge is 0.421 e. The van der Waals surface area contributed by atoms with Gasteiger partial charge in [0.15, 0.2) is 0 Å². The molecule has 0 unspecified atom stereocenters. The van der Waals surface area contributed by atoms with Gasteiger partial charge in [-0.3, -0.25) is 0 Å². The molecule has 1 heterocycles. The summed E-state index contributed by atoms with van der Waals surface area (Å²) in [6, 6.07) is 7.21. The van der Waals surface area contributed by atoms with Gasteiger partial charge in [-0.25, -0.2) is 4.79 Å². The predicted octanol–water partition coefficient (Wildman–Crippen LogP) is 2.14. The topological polar surface area (TPSA) is 56.2 Å². The zero-order valence-corrected chi connectivity index (χ0v) is 8.17. The zero-order valence-electron chi connectivity index (χ0n) is 6.58. The minimum Gasteiger partial charge on any atom is -0.421 e. The number of halogens is 1. The fourth-order valence-electron chi connectivity index (χ4n) is 1.13. The lowest BCUT2D eigenvalue weighted by Crippen LogP contribution is -2.07. The van der Waals surface area contributed by atoms with E-state index in [1.807, 2.05) is 12.1 Å². The molecule has 0 atom stereocenters. The molecule has 4 heteroatoms. The normalized spacial score (nSPS) is 10.5. The van der Waals surface area contributed by atoms with E-state index in [4.69, 9.17) is 10.2 Å².